The summed E-state index contributed by atoms with van der Waals surface area (Å²) >= 11 is 6.08. The molecule has 0 atom stereocenters. The Labute approximate surface area is 131 Å². The number of aliphatic carboxylic acids is 1. The summed E-state index contributed by atoms with van der Waals surface area (Å²) in [4.78, 5) is 24.4. The first kappa shape index (κ1) is 16.0. The molecule has 1 N–H and O–H groups in total. The second-order valence-corrected chi connectivity index (χ2v) is 5.14. The van der Waals surface area contributed by atoms with Gasteiger partial charge in [-0.2, -0.15) is 10.2 Å². The summed E-state index contributed by atoms with van der Waals surface area (Å²) in [5.74, 6) is -1.29. The van der Waals surface area contributed by atoms with E-state index in [0.717, 1.165) is 5.69 Å². The maximum atomic E-state index is 12.3. The number of hydrogen-bond donors (Lipinski definition) is 1. The van der Waals surface area contributed by atoms with Gasteiger partial charge in [0.1, 0.15) is 6.54 Å². The van der Waals surface area contributed by atoms with E-state index in [1.807, 2.05) is 6.92 Å². The van der Waals surface area contributed by atoms with Gasteiger partial charge < -0.3 is 10.0 Å². The minimum absolute atomic E-state index is 0.267. The lowest BCUT2D eigenvalue weighted by atomic mass is 10.3. The minimum atomic E-state index is -1.02. The Morgan fingerprint density at radius 3 is 2.73 bits per heavy atom. The number of aryl methyl sites for hydroxylation is 1. The molecule has 0 saturated heterocycles. The predicted octanol–water partition coefficient (Wildman–Crippen LogP) is 1.11. The van der Waals surface area contributed by atoms with Gasteiger partial charge in [-0.3, -0.25) is 19.0 Å². The average molecular weight is 326 g/mol. The van der Waals surface area contributed by atoms with E-state index in [1.165, 1.54) is 22.0 Å². The maximum Gasteiger partial charge on any atom is 0.325 e. The molecule has 0 radical (unpaired) electrons. The standard InChI is InChI=1S/C13H16ClN5O3/c1-3-19-11(10(14)5-16-19)7-17(2)13(22)9-4-15-18(6-9)8-12(20)21/h4-6H,3,7-8H2,1-2H3,(H,20,21). The lowest BCUT2D eigenvalue weighted by Crippen LogP contribution is -2.27. The van der Waals surface area contributed by atoms with Gasteiger partial charge in [0.25, 0.3) is 5.91 Å². The molecule has 2 aromatic heterocycles. The highest BCUT2D eigenvalue weighted by molar-refractivity contribution is 6.31. The SMILES string of the molecule is CCn1ncc(Cl)c1CN(C)C(=O)c1cnn(CC(=O)O)c1. The van der Waals surface area contributed by atoms with Crippen molar-refractivity contribution in [3.63, 3.8) is 0 Å². The van der Waals surface area contributed by atoms with Crippen LogP contribution in [0.3, 0.4) is 0 Å². The number of halogens is 1. The number of carboxylic acids is 1. The van der Waals surface area contributed by atoms with Crippen LogP contribution in [0.15, 0.2) is 18.6 Å². The number of amides is 1. The molecular formula is C13H16ClN5O3. The lowest BCUT2D eigenvalue weighted by Gasteiger charge is -2.17. The Kier molecular flexibility index (Phi) is 4.81. The average Bonchev–Trinajstić information content (AvgIpc) is 3.05. The van der Waals surface area contributed by atoms with Crippen LogP contribution in [0.5, 0.6) is 0 Å². The zero-order chi connectivity index (χ0) is 16.3. The Morgan fingerprint density at radius 1 is 1.36 bits per heavy atom. The molecule has 22 heavy (non-hydrogen) atoms. The van der Waals surface area contributed by atoms with Gasteiger partial charge in [-0.15, -0.1) is 0 Å². The van der Waals surface area contributed by atoms with Gasteiger partial charge in [0.2, 0.25) is 0 Å². The van der Waals surface area contributed by atoms with Crippen molar-refractivity contribution in [1.82, 2.24) is 24.5 Å². The van der Waals surface area contributed by atoms with Crippen molar-refractivity contribution in [1.29, 1.82) is 0 Å². The van der Waals surface area contributed by atoms with Gasteiger partial charge in [-0.25, -0.2) is 0 Å². The van der Waals surface area contributed by atoms with Crippen LogP contribution in [0, 0.1) is 0 Å². The number of carbonyl (C=O) groups is 2. The van der Waals surface area contributed by atoms with Crippen LogP contribution in [-0.4, -0.2) is 48.5 Å². The summed E-state index contributed by atoms with van der Waals surface area (Å²) in [6, 6.07) is 0. The molecule has 2 aromatic rings. The van der Waals surface area contributed by atoms with E-state index in [2.05, 4.69) is 10.2 Å². The smallest absolute Gasteiger partial charge is 0.325 e. The van der Waals surface area contributed by atoms with Crippen molar-refractivity contribution in [3.8, 4) is 0 Å². The number of nitrogens with zero attached hydrogens (tertiary/aromatic N) is 5. The zero-order valence-corrected chi connectivity index (χ0v) is 13.0. The quantitative estimate of drug-likeness (QED) is 0.858. The third kappa shape index (κ3) is 3.45. The van der Waals surface area contributed by atoms with Crippen molar-refractivity contribution >= 4 is 23.5 Å². The van der Waals surface area contributed by atoms with Gasteiger partial charge in [0, 0.05) is 19.8 Å². The molecule has 2 rings (SSSR count). The molecule has 8 nitrogen and oxygen atoms in total. The second-order valence-electron chi connectivity index (χ2n) is 4.74. The summed E-state index contributed by atoms with van der Waals surface area (Å²) in [6.45, 7) is 2.60. The van der Waals surface area contributed by atoms with Gasteiger partial charge >= 0.3 is 5.97 Å². The Hall–Kier alpha value is -2.35. The minimum Gasteiger partial charge on any atom is -0.480 e. The first-order valence-electron chi connectivity index (χ1n) is 6.62. The maximum absolute atomic E-state index is 12.3. The number of carbonyl (C=O) groups excluding carboxylic acids is 1. The Balaban J connectivity index is 2.10. The van der Waals surface area contributed by atoms with Crippen molar-refractivity contribution in [2.75, 3.05) is 7.05 Å². The van der Waals surface area contributed by atoms with E-state index in [0.29, 0.717) is 23.7 Å². The van der Waals surface area contributed by atoms with E-state index in [1.54, 1.807) is 17.9 Å². The molecule has 0 unspecified atom stereocenters. The molecule has 0 fully saturated rings. The van der Waals surface area contributed by atoms with E-state index in [4.69, 9.17) is 16.7 Å². The molecule has 118 valence electrons. The van der Waals surface area contributed by atoms with Gasteiger partial charge in [0.15, 0.2) is 0 Å². The fourth-order valence-electron chi connectivity index (χ4n) is 2.03. The van der Waals surface area contributed by atoms with Crippen LogP contribution in [0.4, 0.5) is 0 Å². The van der Waals surface area contributed by atoms with E-state index in [-0.39, 0.29) is 12.5 Å². The van der Waals surface area contributed by atoms with E-state index in [9.17, 15) is 9.59 Å². The molecule has 1 amide bonds. The molecule has 0 aliphatic rings. The molecule has 0 aromatic carbocycles. The summed E-state index contributed by atoms with van der Waals surface area (Å²) in [7, 11) is 1.64. The van der Waals surface area contributed by atoms with Crippen LogP contribution in [0.1, 0.15) is 23.0 Å². The molecular weight excluding hydrogens is 310 g/mol. The number of carboxylic acid groups (broad SMARTS) is 1. The number of aromatic nitrogens is 4. The number of rotatable bonds is 6. The van der Waals surface area contributed by atoms with Crippen LogP contribution >= 0.6 is 11.6 Å². The normalized spacial score (nSPS) is 10.7. The van der Waals surface area contributed by atoms with Crippen LogP contribution in [-0.2, 0) is 24.4 Å². The molecule has 0 aliphatic heterocycles. The molecule has 0 bridgehead atoms. The van der Waals surface area contributed by atoms with Gasteiger partial charge in [-0.05, 0) is 6.92 Å². The van der Waals surface area contributed by atoms with E-state index >= 15 is 0 Å². The molecule has 0 aliphatic carbocycles. The summed E-state index contributed by atoms with van der Waals surface area (Å²) < 4.78 is 2.92. The lowest BCUT2D eigenvalue weighted by molar-refractivity contribution is -0.137. The van der Waals surface area contributed by atoms with Crippen LogP contribution in [0.2, 0.25) is 5.02 Å². The monoisotopic (exact) mass is 325 g/mol. The van der Waals surface area contributed by atoms with Crippen LogP contribution < -0.4 is 0 Å². The molecule has 9 heteroatoms. The van der Waals surface area contributed by atoms with Crippen molar-refractivity contribution in [2.45, 2.75) is 26.6 Å². The molecule has 0 saturated carbocycles. The summed E-state index contributed by atoms with van der Waals surface area (Å²) in [5, 5.41) is 17.2. The van der Waals surface area contributed by atoms with Gasteiger partial charge in [-0.1, -0.05) is 11.6 Å². The second kappa shape index (κ2) is 6.61. The third-order valence-corrected chi connectivity index (χ3v) is 3.42. The third-order valence-electron chi connectivity index (χ3n) is 3.11. The molecule has 0 spiro atoms. The zero-order valence-electron chi connectivity index (χ0n) is 12.2. The first-order valence-corrected chi connectivity index (χ1v) is 7.00. The van der Waals surface area contributed by atoms with Crippen molar-refractivity contribution < 1.29 is 14.7 Å². The highest BCUT2D eigenvalue weighted by Crippen LogP contribution is 2.17. The summed E-state index contributed by atoms with van der Waals surface area (Å²) in [6.07, 6.45) is 4.30. The van der Waals surface area contributed by atoms with Crippen LogP contribution in [0.25, 0.3) is 0 Å². The number of hydrogen-bond acceptors (Lipinski definition) is 4. The fraction of sp³-hybridized carbons (Fsp3) is 0.385. The fourth-order valence-corrected chi connectivity index (χ4v) is 2.23. The predicted molar refractivity (Wildman–Crippen MR) is 78.6 cm³/mol. The largest absolute Gasteiger partial charge is 0.480 e. The Bertz CT molecular complexity index is 694. The summed E-state index contributed by atoms with van der Waals surface area (Å²) in [5.41, 5.74) is 1.07. The molecule has 2 heterocycles. The first-order chi connectivity index (χ1) is 10.4. The highest BCUT2D eigenvalue weighted by atomic mass is 35.5. The highest BCUT2D eigenvalue weighted by Gasteiger charge is 2.18. The van der Waals surface area contributed by atoms with Crippen molar-refractivity contribution in [3.05, 3.63) is 34.9 Å². The van der Waals surface area contributed by atoms with Crippen molar-refractivity contribution in [2.24, 2.45) is 0 Å². The topological polar surface area (TPSA) is 93.3 Å². The Morgan fingerprint density at radius 2 is 2.09 bits per heavy atom. The van der Waals surface area contributed by atoms with E-state index < -0.39 is 5.97 Å². The van der Waals surface area contributed by atoms with Gasteiger partial charge in [0.05, 0.1) is 35.2 Å².